The van der Waals surface area contributed by atoms with Crippen molar-refractivity contribution in [3.63, 3.8) is 0 Å². The van der Waals surface area contributed by atoms with Crippen molar-refractivity contribution in [1.82, 2.24) is 0 Å². The smallest absolute Gasteiger partial charge is 0.292 e. The first-order chi connectivity index (χ1) is 9.11. The summed E-state index contributed by atoms with van der Waals surface area (Å²) in [5.74, 6) is 0.411. The first-order valence-corrected chi connectivity index (χ1v) is 6.83. The Labute approximate surface area is 113 Å². The summed E-state index contributed by atoms with van der Waals surface area (Å²) in [4.78, 5) is 10.7. The number of anilines is 1. The number of nitrogens with two attached hydrogens (primary N) is 1. The van der Waals surface area contributed by atoms with Gasteiger partial charge in [-0.05, 0) is 43.9 Å². The van der Waals surface area contributed by atoms with Gasteiger partial charge in [-0.15, -0.1) is 0 Å². The topological polar surface area (TPSA) is 81.2 Å². The molecule has 2 unspecified atom stereocenters. The fourth-order valence-corrected chi connectivity index (χ4v) is 2.80. The number of hydrogen-bond acceptors (Lipinski definition) is 4. The zero-order chi connectivity index (χ0) is 13.8. The molecule has 5 heteroatoms. The molecule has 0 amide bonds. The van der Waals surface area contributed by atoms with Crippen molar-refractivity contribution < 1.29 is 4.92 Å². The van der Waals surface area contributed by atoms with Crippen molar-refractivity contribution in [3.8, 4) is 0 Å². The summed E-state index contributed by atoms with van der Waals surface area (Å²) >= 11 is 0. The second-order valence-corrected chi connectivity index (χ2v) is 5.31. The lowest BCUT2D eigenvalue weighted by atomic mass is 9.84. The Hall–Kier alpha value is -1.62. The van der Waals surface area contributed by atoms with Crippen LogP contribution in [0.2, 0.25) is 0 Å². The summed E-state index contributed by atoms with van der Waals surface area (Å²) in [6, 6.07) is 5.43. The average molecular weight is 263 g/mol. The monoisotopic (exact) mass is 263 g/mol. The molecule has 0 radical (unpaired) electrons. The molecule has 1 aromatic carbocycles. The van der Waals surface area contributed by atoms with Gasteiger partial charge in [-0.2, -0.15) is 0 Å². The molecule has 1 aliphatic rings. The van der Waals surface area contributed by atoms with Crippen LogP contribution in [-0.4, -0.2) is 17.5 Å². The summed E-state index contributed by atoms with van der Waals surface area (Å²) in [5, 5.41) is 14.4. The summed E-state index contributed by atoms with van der Waals surface area (Å²) < 4.78 is 0. The molecule has 1 saturated carbocycles. The normalized spacial score (nSPS) is 23.1. The molecule has 0 saturated heterocycles. The highest BCUT2D eigenvalue weighted by atomic mass is 16.6. The number of aryl methyl sites for hydroxylation is 1. The van der Waals surface area contributed by atoms with Gasteiger partial charge < -0.3 is 11.1 Å². The molecular weight excluding hydrogens is 242 g/mol. The number of nitro benzene ring substituents is 1. The molecule has 104 valence electrons. The van der Waals surface area contributed by atoms with Crippen molar-refractivity contribution in [3.05, 3.63) is 33.9 Å². The molecule has 0 bridgehead atoms. The third-order valence-electron chi connectivity index (χ3n) is 3.90. The average Bonchev–Trinajstić information content (AvgIpc) is 2.39. The van der Waals surface area contributed by atoms with Crippen LogP contribution in [0.4, 0.5) is 11.4 Å². The number of nitrogens with zero attached hydrogens (tertiary/aromatic N) is 1. The lowest BCUT2D eigenvalue weighted by Crippen LogP contribution is -2.36. The minimum Gasteiger partial charge on any atom is -0.376 e. The Balaban J connectivity index is 2.21. The zero-order valence-electron chi connectivity index (χ0n) is 11.3. The minimum absolute atomic E-state index is 0.145. The first kappa shape index (κ1) is 13.8. The van der Waals surface area contributed by atoms with Crippen LogP contribution in [0.1, 0.15) is 31.2 Å². The van der Waals surface area contributed by atoms with Gasteiger partial charge >= 0.3 is 0 Å². The third kappa shape index (κ3) is 3.23. The van der Waals surface area contributed by atoms with Gasteiger partial charge in [0, 0.05) is 12.1 Å². The van der Waals surface area contributed by atoms with Gasteiger partial charge in [0.05, 0.1) is 4.92 Å². The maximum atomic E-state index is 11.1. The van der Waals surface area contributed by atoms with Gasteiger partial charge in [0.25, 0.3) is 5.69 Å². The highest BCUT2D eigenvalue weighted by Gasteiger charge is 2.26. The molecule has 1 fully saturated rings. The van der Waals surface area contributed by atoms with E-state index in [1.165, 1.54) is 6.42 Å². The second-order valence-electron chi connectivity index (χ2n) is 5.31. The van der Waals surface area contributed by atoms with E-state index in [2.05, 4.69) is 5.32 Å². The lowest BCUT2D eigenvalue weighted by Gasteiger charge is -2.32. The van der Waals surface area contributed by atoms with E-state index in [0.717, 1.165) is 24.8 Å². The summed E-state index contributed by atoms with van der Waals surface area (Å²) in [7, 11) is 0. The zero-order valence-corrected chi connectivity index (χ0v) is 11.3. The van der Waals surface area contributed by atoms with Crippen LogP contribution in [0, 0.1) is 23.0 Å². The van der Waals surface area contributed by atoms with E-state index in [1.54, 1.807) is 12.1 Å². The molecule has 1 aromatic rings. The Bertz CT molecular complexity index is 462. The molecule has 0 aromatic heterocycles. The lowest BCUT2D eigenvalue weighted by molar-refractivity contribution is -0.384. The Kier molecular flexibility index (Phi) is 4.37. The van der Waals surface area contributed by atoms with Crippen molar-refractivity contribution >= 4 is 11.4 Å². The van der Waals surface area contributed by atoms with Crippen LogP contribution in [-0.2, 0) is 0 Å². The van der Waals surface area contributed by atoms with E-state index in [4.69, 9.17) is 5.73 Å². The molecule has 0 heterocycles. The van der Waals surface area contributed by atoms with E-state index in [1.807, 2.05) is 13.0 Å². The molecule has 2 atom stereocenters. The molecule has 0 aliphatic heterocycles. The van der Waals surface area contributed by atoms with Crippen molar-refractivity contribution in [2.24, 2.45) is 11.7 Å². The van der Waals surface area contributed by atoms with Crippen molar-refractivity contribution in [2.75, 3.05) is 11.9 Å². The summed E-state index contributed by atoms with van der Waals surface area (Å²) in [6.45, 7) is 2.58. The van der Waals surface area contributed by atoms with E-state index >= 15 is 0 Å². The van der Waals surface area contributed by atoms with Gasteiger partial charge in [-0.1, -0.05) is 18.9 Å². The number of hydrogen-bond donors (Lipinski definition) is 2. The molecule has 2 rings (SSSR count). The molecule has 3 N–H and O–H groups in total. The third-order valence-corrected chi connectivity index (χ3v) is 3.90. The van der Waals surface area contributed by atoms with Crippen LogP contribution < -0.4 is 11.1 Å². The molecule has 19 heavy (non-hydrogen) atoms. The maximum absolute atomic E-state index is 11.1. The molecule has 5 nitrogen and oxygen atoms in total. The second kappa shape index (κ2) is 6.02. The van der Waals surface area contributed by atoms with Gasteiger partial charge in [0.15, 0.2) is 0 Å². The van der Waals surface area contributed by atoms with Gasteiger partial charge in [-0.25, -0.2) is 0 Å². The van der Waals surface area contributed by atoms with Crippen LogP contribution in [0.15, 0.2) is 18.2 Å². The number of rotatable bonds is 4. The van der Waals surface area contributed by atoms with Crippen LogP contribution in [0.3, 0.4) is 0 Å². The SMILES string of the molecule is Cc1ccc([N+](=O)[O-])c(NC2CCCCC2CN)c1. The Morgan fingerprint density at radius 2 is 2.16 bits per heavy atom. The van der Waals surface area contributed by atoms with Gasteiger partial charge in [0.2, 0.25) is 0 Å². The number of benzene rings is 1. The molecule has 0 spiro atoms. The predicted octanol–water partition coefficient (Wildman–Crippen LogP) is 2.83. The largest absolute Gasteiger partial charge is 0.376 e. The number of nitro groups is 1. The molecule has 1 aliphatic carbocycles. The van der Waals surface area contributed by atoms with Crippen LogP contribution in [0.25, 0.3) is 0 Å². The van der Waals surface area contributed by atoms with E-state index < -0.39 is 0 Å². The predicted molar refractivity (Wildman–Crippen MR) is 76.3 cm³/mol. The van der Waals surface area contributed by atoms with Gasteiger partial charge in [0.1, 0.15) is 5.69 Å². The van der Waals surface area contributed by atoms with Crippen molar-refractivity contribution in [1.29, 1.82) is 0 Å². The standard InChI is InChI=1S/C14H21N3O2/c1-10-6-7-14(17(18)19)13(8-10)16-12-5-3-2-4-11(12)9-15/h6-8,11-12,16H,2-5,9,15H2,1H3. The highest BCUT2D eigenvalue weighted by Crippen LogP contribution is 2.31. The molecular formula is C14H21N3O2. The fourth-order valence-electron chi connectivity index (χ4n) is 2.80. The number of nitrogens with one attached hydrogen (secondary N) is 1. The quantitative estimate of drug-likeness (QED) is 0.646. The Morgan fingerprint density at radius 3 is 2.84 bits per heavy atom. The van der Waals surface area contributed by atoms with E-state index in [-0.39, 0.29) is 16.7 Å². The fraction of sp³-hybridized carbons (Fsp3) is 0.571. The minimum atomic E-state index is -0.331. The van der Waals surface area contributed by atoms with Gasteiger partial charge in [-0.3, -0.25) is 10.1 Å². The first-order valence-electron chi connectivity index (χ1n) is 6.83. The highest BCUT2D eigenvalue weighted by molar-refractivity contribution is 5.63. The van der Waals surface area contributed by atoms with Crippen LogP contribution in [0.5, 0.6) is 0 Å². The Morgan fingerprint density at radius 1 is 1.42 bits per heavy atom. The van der Waals surface area contributed by atoms with E-state index in [9.17, 15) is 10.1 Å². The van der Waals surface area contributed by atoms with Crippen molar-refractivity contribution in [2.45, 2.75) is 38.6 Å². The maximum Gasteiger partial charge on any atom is 0.292 e. The summed E-state index contributed by atoms with van der Waals surface area (Å²) in [6.07, 6.45) is 4.50. The van der Waals surface area contributed by atoms with Crippen LogP contribution >= 0.6 is 0 Å². The summed E-state index contributed by atoms with van der Waals surface area (Å²) in [5.41, 5.74) is 7.59. The van der Waals surface area contributed by atoms with E-state index in [0.29, 0.717) is 18.2 Å².